The number of nitrogens with one attached hydrogen (secondary N) is 1. The van der Waals surface area contributed by atoms with Gasteiger partial charge in [-0.3, -0.25) is 4.79 Å². The number of hydrogen-bond donors (Lipinski definition) is 1. The van der Waals surface area contributed by atoms with Crippen molar-refractivity contribution >= 4 is 11.6 Å². The number of furan rings is 1. The molecule has 0 bridgehead atoms. The highest BCUT2D eigenvalue weighted by Gasteiger charge is 2.25. The average molecular weight is 341 g/mol. The van der Waals surface area contributed by atoms with Gasteiger partial charge in [0, 0.05) is 30.9 Å². The molecule has 2 heterocycles. The minimum atomic E-state index is 0.0912. The topological polar surface area (TPSA) is 48.7 Å². The van der Waals surface area contributed by atoms with Gasteiger partial charge in [0.2, 0.25) is 0 Å². The van der Waals surface area contributed by atoms with E-state index in [0.29, 0.717) is 12.6 Å². The minimum Gasteiger partial charge on any atom is -0.465 e. The molecule has 1 amide bonds. The highest BCUT2D eigenvalue weighted by atomic mass is 16.3. The molecule has 0 aliphatic carbocycles. The number of aryl methyl sites for hydroxylation is 1. The molecule has 5 heteroatoms. The molecule has 0 unspecified atom stereocenters. The zero-order valence-electron chi connectivity index (χ0n) is 15.3. The van der Waals surface area contributed by atoms with E-state index in [-0.39, 0.29) is 5.91 Å². The zero-order chi connectivity index (χ0) is 17.8. The van der Waals surface area contributed by atoms with Gasteiger partial charge < -0.3 is 19.5 Å². The molecule has 5 nitrogen and oxygen atoms in total. The van der Waals surface area contributed by atoms with E-state index < -0.39 is 0 Å². The lowest BCUT2D eigenvalue weighted by atomic mass is 10.0. The molecule has 3 rings (SSSR count). The van der Waals surface area contributed by atoms with Gasteiger partial charge in [-0.25, -0.2) is 0 Å². The molecule has 0 saturated carbocycles. The van der Waals surface area contributed by atoms with E-state index in [0.717, 1.165) is 48.7 Å². The molecule has 1 fully saturated rings. The fraction of sp³-hybridized carbons (Fsp3) is 0.450. The smallest absolute Gasteiger partial charge is 0.253 e. The first kappa shape index (κ1) is 17.5. The third-order valence-corrected chi connectivity index (χ3v) is 4.86. The van der Waals surface area contributed by atoms with Crippen LogP contribution in [0.4, 0.5) is 5.69 Å². The van der Waals surface area contributed by atoms with E-state index in [1.807, 2.05) is 55.3 Å². The van der Waals surface area contributed by atoms with Crippen molar-refractivity contribution in [2.75, 3.05) is 32.5 Å². The van der Waals surface area contributed by atoms with Crippen LogP contribution in [0.2, 0.25) is 0 Å². The summed E-state index contributed by atoms with van der Waals surface area (Å²) in [5.41, 5.74) is 1.71. The lowest BCUT2D eigenvalue weighted by molar-refractivity contribution is 0.0644. The number of benzene rings is 1. The normalized spacial score (nSPS) is 18.1. The first-order valence-corrected chi connectivity index (χ1v) is 8.88. The van der Waals surface area contributed by atoms with Gasteiger partial charge >= 0.3 is 0 Å². The molecule has 1 N–H and O–H groups in total. The molecule has 1 aromatic heterocycles. The highest BCUT2D eigenvalue weighted by Crippen LogP contribution is 2.18. The molecule has 0 spiro atoms. The molecule has 1 saturated heterocycles. The molecule has 25 heavy (non-hydrogen) atoms. The number of carbonyl (C=O) groups is 1. The number of anilines is 1. The third-order valence-electron chi connectivity index (χ3n) is 4.86. The van der Waals surface area contributed by atoms with Crippen LogP contribution in [0.1, 0.15) is 34.7 Å². The van der Waals surface area contributed by atoms with E-state index in [1.54, 1.807) is 0 Å². The highest BCUT2D eigenvalue weighted by molar-refractivity contribution is 5.94. The van der Waals surface area contributed by atoms with Crippen LogP contribution < -0.4 is 5.32 Å². The molecule has 1 aliphatic rings. The van der Waals surface area contributed by atoms with Gasteiger partial charge in [-0.15, -0.1) is 0 Å². The van der Waals surface area contributed by atoms with Crippen molar-refractivity contribution in [2.45, 2.75) is 32.4 Å². The summed E-state index contributed by atoms with van der Waals surface area (Å²) in [4.78, 5) is 16.9. The summed E-state index contributed by atoms with van der Waals surface area (Å²) < 4.78 is 5.55. The van der Waals surface area contributed by atoms with Gasteiger partial charge in [0.1, 0.15) is 11.5 Å². The first-order chi connectivity index (χ1) is 12.0. The molecular formula is C20H27N3O2. The molecule has 2 aromatic rings. The Bertz CT molecular complexity index is 708. The molecule has 1 aromatic carbocycles. The van der Waals surface area contributed by atoms with Crippen LogP contribution in [0.3, 0.4) is 0 Å². The van der Waals surface area contributed by atoms with Gasteiger partial charge in [0.25, 0.3) is 5.91 Å². The maximum Gasteiger partial charge on any atom is 0.253 e. The summed E-state index contributed by atoms with van der Waals surface area (Å²) in [6, 6.07) is 11.9. The SMILES string of the molecule is Cc1ccc(CNc2ccc(C(=O)N(C)[C@@H]3CCCN(C)C3)cc2)o1. The Balaban J connectivity index is 1.58. The first-order valence-electron chi connectivity index (χ1n) is 8.88. The Kier molecular flexibility index (Phi) is 5.43. The standard InChI is InChI=1S/C20H27N3O2/c1-15-6-11-19(25-15)13-21-17-9-7-16(8-10-17)20(24)23(3)18-5-4-12-22(2)14-18/h6-11,18,21H,4-5,12-14H2,1-3H3/t18-/m1/s1. The molecular weight excluding hydrogens is 314 g/mol. The summed E-state index contributed by atoms with van der Waals surface area (Å²) in [6.45, 7) is 4.64. The average Bonchev–Trinajstić information content (AvgIpc) is 3.04. The minimum absolute atomic E-state index is 0.0912. The van der Waals surface area contributed by atoms with E-state index in [1.165, 1.54) is 0 Å². The second-order valence-electron chi connectivity index (χ2n) is 6.92. The molecule has 1 aliphatic heterocycles. The van der Waals surface area contributed by atoms with Gasteiger partial charge in [-0.2, -0.15) is 0 Å². The number of carbonyl (C=O) groups excluding carboxylic acids is 1. The third kappa shape index (κ3) is 4.42. The van der Waals surface area contributed by atoms with E-state index in [9.17, 15) is 4.79 Å². The van der Waals surface area contributed by atoms with Crippen molar-refractivity contribution in [3.05, 3.63) is 53.5 Å². The Morgan fingerprint density at radius 2 is 2.04 bits per heavy atom. The Labute approximate surface area is 149 Å². The van der Waals surface area contributed by atoms with Crippen LogP contribution in [-0.2, 0) is 6.54 Å². The second-order valence-corrected chi connectivity index (χ2v) is 6.92. The van der Waals surface area contributed by atoms with Crippen molar-refractivity contribution in [1.29, 1.82) is 0 Å². The fourth-order valence-electron chi connectivity index (χ4n) is 3.32. The summed E-state index contributed by atoms with van der Waals surface area (Å²) in [6.07, 6.45) is 2.22. The van der Waals surface area contributed by atoms with Gasteiger partial charge in [0.15, 0.2) is 0 Å². The van der Waals surface area contributed by atoms with Crippen LogP contribution >= 0.6 is 0 Å². The largest absolute Gasteiger partial charge is 0.465 e. The van der Waals surface area contributed by atoms with Crippen LogP contribution in [-0.4, -0.2) is 48.9 Å². The predicted octanol–water partition coefficient (Wildman–Crippen LogP) is 3.37. The lowest BCUT2D eigenvalue weighted by Crippen LogP contribution is -2.47. The predicted molar refractivity (Wildman–Crippen MR) is 99.8 cm³/mol. The summed E-state index contributed by atoms with van der Waals surface area (Å²) in [5, 5.41) is 3.31. The number of piperidine rings is 1. The van der Waals surface area contributed by atoms with E-state index >= 15 is 0 Å². The van der Waals surface area contributed by atoms with Gasteiger partial charge in [-0.05, 0) is 69.8 Å². The zero-order valence-corrected chi connectivity index (χ0v) is 15.3. The van der Waals surface area contributed by atoms with Crippen LogP contribution in [0.5, 0.6) is 0 Å². The van der Waals surface area contributed by atoms with E-state index in [4.69, 9.17) is 4.42 Å². The second kappa shape index (κ2) is 7.74. The molecule has 134 valence electrons. The number of nitrogens with zero attached hydrogens (tertiary/aromatic N) is 2. The maximum atomic E-state index is 12.7. The number of rotatable bonds is 5. The van der Waals surface area contributed by atoms with Gasteiger partial charge in [-0.1, -0.05) is 0 Å². The summed E-state index contributed by atoms with van der Waals surface area (Å²) in [7, 11) is 4.03. The maximum absolute atomic E-state index is 12.7. The fourth-order valence-corrected chi connectivity index (χ4v) is 3.32. The van der Waals surface area contributed by atoms with Crippen LogP contribution in [0.25, 0.3) is 0 Å². The van der Waals surface area contributed by atoms with Crippen molar-refractivity contribution < 1.29 is 9.21 Å². The van der Waals surface area contributed by atoms with Crippen molar-refractivity contribution in [1.82, 2.24) is 9.80 Å². The number of hydrogen-bond acceptors (Lipinski definition) is 4. The molecule has 0 radical (unpaired) electrons. The monoisotopic (exact) mass is 341 g/mol. The number of likely N-dealkylation sites (tertiary alicyclic amines) is 1. The summed E-state index contributed by atoms with van der Waals surface area (Å²) in [5.74, 6) is 1.90. The van der Waals surface area contributed by atoms with Gasteiger partial charge in [0.05, 0.1) is 6.54 Å². The van der Waals surface area contributed by atoms with Crippen molar-refractivity contribution in [2.24, 2.45) is 0 Å². The number of amides is 1. The Hall–Kier alpha value is -2.27. The quantitative estimate of drug-likeness (QED) is 0.906. The number of likely N-dealkylation sites (N-methyl/N-ethyl adjacent to an activating group) is 2. The van der Waals surface area contributed by atoms with Crippen LogP contribution in [0, 0.1) is 6.92 Å². The van der Waals surface area contributed by atoms with Crippen molar-refractivity contribution in [3.8, 4) is 0 Å². The van der Waals surface area contributed by atoms with E-state index in [2.05, 4.69) is 17.3 Å². The summed E-state index contributed by atoms with van der Waals surface area (Å²) >= 11 is 0. The Morgan fingerprint density at radius 1 is 1.28 bits per heavy atom. The lowest BCUT2D eigenvalue weighted by Gasteiger charge is -2.35. The van der Waals surface area contributed by atoms with Crippen LogP contribution in [0.15, 0.2) is 40.8 Å². The Morgan fingerprint density at radius 3 is 2.68 bits per heavy atom. The van der Waals surface area contributed by atoms with Crippen molar-refractivity contribution in [3.63, 3.8) is 0 Å². The molecule has 1 atom stereocenters.